The van der Waals surface area contributed by atoms with Crippen LogP contribution in [0.2, 0.25) is 0 Å². The summed E-state index contributed by atoms with van der Waals surface area (Å²) < 4.78 is 0. The molecule has 3 aromatic heterocycles. The van der Waals surface area contributed by atoms with Crippen LogP contribution in [-0.4, -0.2) is 15.0 Å². The smallest absolute Gasteiger partial charge is 0.0207 e. The number of hydrogen-bond donors (Lipinski definition) is 0. The maximum Gasteiger partial charge on any atom is 0.0207 e. The molecule has 6 rings (SSSR count). The molecule has 0 atom stereocenters. The van der Waals surface area contributed by atoms with Crippen molar-refractivity contribution in [2.45, 2.75) is 33.1 Å². The van der Waals surface area contributed by atoms with E-state index in [1.165, 1.54) is 27.8 Å². The van der Waals surface area contributed by atoms with E-state index in [9.17, 15) is 0 Å². The van der Waals surface area contributed by atoms with Crippen molar-refractivity contribution in [2.24, 2.45) is 0 Å². The molecule has 1 radical (unpaired) electrons. The van der Waals surface area contributed by atoms with Crippen LogP contribution in [0.15, 0.2) is 91.4 Å². The second-order valence-corrected chi connectivity index (χ2v) is 9.40. The Kier molecular flexibility index (Phi) is 7.59. The van der Waals surface area contributed by atoms with E-state index in [0.717, 1.165) is 28.1 Å². The molecule has 3 heterocycles. The molecular weight excluding hydrogens is 619 g/mol. The maximum atomic E-state index is 4.69. The van der Waals surface area contributed by atoms with E-state index >= 15 is 0 Å². The fourth-order valence-electron chi connectivity index (χ4n) is 4.58. The van der Waals surface area contributed by atoms with Crippen molar-refractivity contribution in [2.75, 3.05) is 0 Å². The number of pyridine rings is 3. The van der Waals surface area contributed by atoms with Crippen LogP contribution in [-0.2, 0) is 25.5 Å². The summed E-state index contributed by atoms with van der Waals surface area (Å²) in [6.45, 7) is 8.63. The minimum Gasteiger partial charge on any atom is -0.360 e. The van der Waals surface area contributed by atoms with Gasteiger partial charge in [0.2, 0.25) is 0 Å². The zero-order chi connectivity index (χ0) is 24.4. The molecule has 36 heavy (non-hydrogen) atoms. The van der Waals surface area contributed by atoms with E-state index < -0.39 is 0 Å². The quantitative estimate of drug-likeness (QED) is 0.188. The third-order valence-corrected chi connectivity index (χ3v) is 6.59. The molecule has 0 aliphatic heterocycles. The Hall–Kier alpha value is -3.46. The second-order valence-electron chi connectivity index (χ2n) is 9.40. The van der Waals surface area contributed by atoms with Gasteiger partial charge in [0.1, 0.15) is 0 Å². The van der Waals surface area contributed by atoms with Gasteiger partial charge in [-0.05, 0) is 52.3 Å². The van der Waals surface area contributed by atoms with Crippen LogP contribution in [0.5, 0.6) is 0 Å². The fraction of sp³-hybridized carbons (Fsp3) is 0.156. The number of aromatic nitrogens is 3. The summed E-state index contributed by atoms with van der Waals surface area (Å²) >= 11 is 0. The van der Waals surface area contributed by atoms with Crippen molar-refractivity contribution in [1.82, 2.24) is 15.0 Å². The molecule has 2 aromatic carbocycles. The number of benzene rings is 2. The molecule has 181 valence electrons. The van der Waals surface area contributed by atoms with Gasteiger partial charge in [0.15, 0.2) is 0 Å². The summed E-state index contributed by atoms with van der Waals surface area (Å²) in [6.07, 6.45) is 8.73. The Bertz CT molecular complexity index is 1480. The third kappa shape index (κ3) is 4.93. The van der Waals surface area contributed by atoms with E-state index in [1.54, 1.807) is 6.20 Å². The van der Waals surface area contributed by atoms with Crippen LogP contribution in [0, 0.1) is 26.1 Å². The Balaban J connectivity index is 0.000000187. The van der Waals surface area contributed by atoms with Crippen LogP contribution in [0.25, 0.3) is 33.6 Å². The summed E-state index contributed by atoms with van der Waals surface area (Å²) in [5.74, 6) is 0. The molecule has 0 bridgehead atoms. The van der Waals surface area contributed by atoms with E-state index in [0.29, 0.717) is 0 Å². The molecule has 0 unspecified atom stereocenters. The molecule has 0 N–H and O–H groups in total. The maximum absolute atomic E-state index is 4.69. The first-order valence-electron chi connectivity index (χ1n) is 11.8. The molecule has 0 saturated heterocycles. The van der Waals surface area contributed by atoms with Gasteiger partial charge in [-0.15, -0.1) is 53.1 Å². The second kappa shape index (κ2) is 10.7. The number of nitrogens with zero attached hydrogens (tertiary/aromatic N) is 3. The van der Waals surface area contributed by atoms with Gasteiger partial charge < -0.3 is 15.0 Å². The van der Waals surface area contributed by atoms with Crippen LogP contribution in [0.1, 0.15) is 36.1 Å². The van der Waals surface area contributed by atoms with Crippen molar-refractivity contribution in [3.8, 4) is 33.6 Å². The zero-order valence-corrected chi connectivity index (χ0v) is 23.2. The van der Waals surface area contributed by atoms with Crippen molar-refractivity contribution >= 4 is 0 Å². The van der Waals surface area contributed by atoms with E-state index in [-0.39, 0.29) is 25.5 Å². The van der Waals surface area contributed by atoms with Crippen LogP contribution in [0.4, 0.5) is 0 Å². The summed E-state index contributed by atoms with van der Waals surface area (Å²) in [5, 5.41) is 0. The van der Waals surface area contributed by atoms with Crippen molar-refractivity contribution in [3.63, 3.8) is 0 Å². The van der Waals surface area contributed by atoms with Crippen molar-refractivity contribution in [1.29, 1.82) is 0 Å². The number of hydrogen-bond acceptors (Lipinski definition) is 3. The molecule has 4 heteroatoms. The normalized spacial score (nSPS) is 12.4. The molecule has 5 aromatic rings. The minimum absolute atomic E-state index is 0. The summed E-state index contributed by atoms with van der Waals surface area (Å²) in [6, 6.07) is 27.9. The average Bonchev–Trinajstić information content (AvgIpc) is 3.12. The first-order valence-corrected chi connectivity index (χ1v) is 11.8. The van der Waals surface area contributed by atoms with Crippen molar-refractivity contribution < 1.29 is 20.1 Å². The molecule has 1 aliphatic rings. The standard InChI is InChI=1S/C20H17N2.C12H10N.Ir/c1-13-8-9-21-11-16(13)19-10-15-14-6-4-5-7-17(14)20(2,3)18(15)12-22-19;1-10-7-8-12(13-9-10)11-5-3-2-4-6-11;/h4-10,12H,1-3H3;2-5,7-9H,1H3;/q2*-1;. The summed E-state index contributed by atoms with van der Waals surface area (Å²) in [5.41, 5.74) is 11.5. The predicted octanol–water partition coefficient (Wildman–Crippen LogP) is 7.41. The monoisotopic (exact) mass is 646 g/mol. The van der Waals surface area contributed by atoms with Gasteiger partial charge in [-0.1, -0.05) is 69.4 Å². The predicted molar refractivity (Wildman–Crippen MR) is 142 cm³/mol. The SMILES string of the molecule is Cc1ccc(-c2[c-]cccc2)nc1.Cc1ccn[c-]c1-c1cc2c(cn1)C(C)(C)c1ccccc1-2.[Ir]. The third-order valence-electron chi connectivity index (χ3n) is 6.59. The first kappa shape index (κ1) is 25.6. The number of fused-ring (bicyclic) bond motifs is 3. The molecule has 0 saturated carbocycles. The fourth-order valence-corrected chi connectivity index (χ4v) is 4.58. The van der Waals surface area contributed by atoms with Gasteiger partial charge in [0.05, 0.1) is 0 Å². The van der Waals surface area contributed by atoms with E-state index in [4.69, 9.17) is 0 Å². The van der Waals surface area contributed by atoms with Crippen LogP contribution in [0.3, 0.4) is 0 Å². The van der Waals surface area contributed by atoms with Gasteiger partial charge in [-0.3, -0.25) is 0 Å². The Morgan fingerprint density at radius 1 is 0.750 bits per heavy atom. The molecular formula is C32H27IrN3-2. The Morgan fingerprint density at radius 3 is 2.25 bits per heavy atom. The summed E-state index contributed by atoms with van der Waals surface area (Å²) in [4.78, 5) is 13.1. The molecule has 0 fully saturated rings. The number of rotatable bonds is 2. The number of aryl methyl sites for hydroxylation is 2. The van der Waals surface area contributed by atoms with Gasteiger partial charge in [-0.2, -0.15) is 0 Å². The Labute approximate surface area is 227 Å². The van der Waals surface area contributed by atoms with E-state index in [2.05, 4.69) is 84.4 Å². The first-order chi connectivity index (χ1) is 16.9. The topological polar surface area (TPSA) is 38.7 Å². The average molecular weight is 646 g/mol. The van der Waals surface area contributed by atoms with Gasteiger partial charge >= 0.3 is 0 Å². The molecule has 0 amide bonds. The van der Waals surface area contributed by atoms with Crippen molar-refractivity contribution in [3.05, 3.63) is 126 Å². The minimum atomic E-state index is 0. The van der Waals surface area contributed by atoms with Gasteiger partial charge in [-0.25, -0.2) is 0 Å². The molecule has 0 spiro atoms. The largest absolute Gasteiger partial charge is 0.360 e. The van der Waals surface area contributed by atoms with Gasteiger partial charge in [0.25, 0.3) is 0 Å². The zero-order valence-electron chi connectivity index (χ0n) is 20.8. The summed E-state index contributed by atoms with van der Waals surface area (Å²) in [7, 11) is 0. The van der Waals surface area contributed by atoms with Gasteiger partial charge in [0, 0.05) is 37.9 Å². The molecule has 3 nitrogen and oxygen atoms in total. The molecule has 1 aliphatic carbocycles. The van der Waals surface area contributed by atoms with Crippen LogP contribution >= 0.6 is 0 Å². The van der Waals surface area contributed by atoms with E-state index in [1.807, 2.05) is 55.7 Å². The Morgan fingerprint density at radius 2 is 1.53 bits per heavy atom. The van der Waals surface area contributed by atoms with Crippen LogP contribution < -0.4 is 0 Å².